The van der Waals surface area contributed by atoms with E-state index >= 15 is 0 Å². The van der Waals surface area contributed by atoms with Gasteiger partial charge in [0.25, 0.3) is 0 Å². The highest BCUT2D eigenvalue weighted by Gasteiger charge is 2.21. The van der Waals surface area contributed by atoms with Gasteiger partial charge in [0, 0.05) is 30.7 Å². The zero-order valence-electron chi connectivity index (χ0n) is 24.9. The van der Waals surface area contributed by atoms with Gasteiger partial charge in [-0.2, -0.15) is 0 Å². The standard InChI is InChI=1S/C38H43FN2/c1-5-26(2)36-12-7-6-9-31(36)23-28(4)38(37-25-33(39)16-13-27(37)3)32-11-8-10-30(24-32)29-14-17-35(18-15-29)41-21-19-34(40)20-22-41/h6-18,23-26,34,38H,5,19-22,40H2,1-4H3/b28-23+. The highest BCUT2D eigenvalue weighted by Crippen LogP contribution is 2.38. The number of rotatable bonds is 8. The van der Waals surface area contributed by atoms with Crippen molar-refractivity contribution >= 4 is 11.8 Å². The molecule has 0 amide bonds. The molecular formula is C38H43FN2. The molecule has 0 aliphatic carbocycles. The molecule has 212 valence electrons. The molecule has 1 fully saturated rings. The summed E-state index contributed by atoms with van der Waals surface area (Å²) in [5.74, 6) is 0.207. The van der Waals surface area contributed by atoms with Gasteiger partial charge in [0.05, 0.1) is 0 Å². The molecule has 0 spiro atoms. The van der Waals surface area contributed by atoms with Gasteiger partial charge < -0.3 is 10.6 Å². The lowest BCUT2D eigenvalue weighted by Crippen LogP contribution is -2.39. The fraction of sp³-hybridized carbons (Fsp3) is 0.316. The van der Waals surface area contributed by atoms with Gasteiger partial charge in [-0.25, -0.2) is 4.39 Å². The normalized spacial score (nSPS) is 16.0. The first-order chi connectivity index (χ1) is 19.8. The van der Waals surface area contributed by atoms with Crippen LogP contribution in [0, 0.1) is 12.7 Å². The molecule has 2 atom stereocenters. The van der Waals surface area contributed by atoms with E-state index in [2.05, 4.69) is 111 Å². The molecule has 1 saturated heterocycles. The second-order valence-electron chi connectivity index (χ2n) is 11.8. The van der Waals surface area contributed by atoms with Crippen molar-refractivity contribution in [1.82, 2.24) is 0 Å². The Morgan fingerprint density at radius 1 is 0.902 bits per heavy atom. The number of hydrogen-bond acceptors (Lipinski definition) is 2. The summed E-state index contributed by atoms with van der Waals surface area (Å²) in [6.07, 6.45) is 5.48. The Hall–Kier alpha value is -3.69. The van der Waals surface area contributed by atoms with Gasteiger partial charge in [-0.15, -0.1) is 0 Å². The van der Waals surface area contributed by atoms with Crippen molar-refractivity contribution in [3.63, 3.8) is 0 Å². The first kappa shape index (κ1) is 28.8. The van der Waals surface area contributed by atoms with E-state index < -0.39 is 0 Å². The summed E-state index contributed by atoms with van der Waals surface area (Å²) in [6, 6.07) is 31.8. The van der Waals surface area contributed by atoms with E-state index in [-0.39, 0.29) is 11.7 Å². The van der Waals surface area contributed by atoms with Gasteiger partial charge in [-0.1, -0.05) is 92.2 Å². The van der Waals surface area contributed by atoms with E-state index in [0.29, 0.717) is 12.0 Å². The molecule has 5 rings (SSSR count). The smallest absolute Gasteiger partial charge is 0.123 e. The first-order valence-corrected chi connectivity index (χ1v) is 15.1. The van der Waals surface area contributed by atoms with E-state index in [9.17, 15) is 4.39 Å². The number of allylic oxidation sites excluding steroid dienone is 1. The average Bonchev–Trinajstić information content (AvgIpc) is 2.99. The Morgan fingerprint density at radius 3 is 2.37 bits per heavy atom. The third-order valence-corrected chi connectivity index (χ3v) is 8.86. The summed E-state index contributed by atoms with van der Waals surface area (Å²) in [7, 11) is 0. The van der Waals surface area contributed by atoms with Crippen LogP contribution in [-0.4, -0.2) is 19.1 Å². The van der Waals surface area contributed by atoms with Crippen molar-refractivity contribution in [1.29, 1.82) is 0 Å². The highest BCUT2D eigenvalue weighted by molar-refractivity contribution is 5.69. The molecule has 3 heteroatoms. The third-order valence-electron chi connectivity index (χ3n) is 8.86. The van der Waals surface area contributed by atoms with Gasteiger partial charge in [-0.05, 0) is 102 Å². The second kappa shape index (κ2) is 12.9. The number of nitrogens with zero attached hydrogens (tertiary/aromatic N) is 1. The Balaban J connectivity index is 1.53. The minimum atomic E-state index is -0.200. The van der Waals surface area contributed by atoms with Gasteiger partial charge in [0.2, 0.25) is 0 Å². The lowest BCUT2D eigenvalue weighted by molar-refractivity contribution is 0.501. The topological polar surface area (TPSA) is 29.3 Å². The Bertz CT molecular complexity index is 1500. The predicted octanol–water partition coefficient (Wildman–Crippen LogP) is 9.48. The minimum Gasteiger partial charge on any atom is -0.371 e. The number of halogens is 1. The summed E-state index contributed by atoms with van der Waals surface area (Å²) >= 11 is 0. The molecule has 1 aliphatic rings. The quantitative estimate of drug-likeness (QED) is 0.238. The monoisotopic (exact) mass is 546 g/mol. The van der Waals surface area contributed by atoms with Crippen molar-refractivity contribution < 1.29 is 4.39 Å². The lowest BCUT2D eigenvalue weighted by atomic mass is 9.81. The minimum absolute atomic E-state index is 0.0625. The van der Waals surface area contributed by atoms with Crippen molar-refractivity contribution in [2.75, 3.05) is 18.0 Å². The van der Waals surface area contributed by atoms with Crippen molar-refractivity contribution in [2.24, 2.45) is 5.73 Å². The van der Waals surface area contributed by atoms with E-state index in [1.54, 1.807) is 12.1 Å². The van der Waals surface area contributed by atoms with Crippen LogP contribution in [0.3, 0.4) is 0 Å². The van der Waals surface area contributed by atoms with Gasteiger partial charge in [-0.3, -0.25) is 0 Å². The maximum Gasteiger partial charge on any atom is 0.123 e. The fourth-order valence-corrected chi connectivity index (χ4v) is 6.17. The summed E-state index contributed by atoms with van der Waals surface area (Å²) in [6.45, 7) is 10.8. The number of anilines is 1. The molecule has 4 aromatic rings. The number of nitrogens with two attached hydrogens (primary N) is 1. The van der Waals surface area contributed by atoms with Crippen LogP contribution < -0.4 is 10.6 Å². The zero-order valence-corrected chi connectivity index (χ0v) is 24.9. The Morgan fingerprint density at radius 2 is 1.63 bits per heavy atom. The summed E-state index contributed by atoms with van der Waals surface area (Å²) in [5, 5.41) is 0. The molecule has 4 aromatic carbocycles. The molecule has 0 saturated carbocycles. The number of hydrogen-bond donors (Lipinski definition) is 1. The Labute approximate surface area is 245 Å². The number of piperidine rings is 1. The van der Waals surface area contributed by atoms with Crippen LogP contribution in [0.25, 0.3) is 17.2 Å². The molecule has 0 bridgehead atoms. The van der Waals surface area contributed by atoms with Gasteiger partial charge in [0.1, 0.15) is 5.82 Å². The van der Waals surface area contributed by atoms with E-state index in [1.807, 2.05) is 6.07 Å². The van der Waals surface area contributed by atoms with Crippen LogP contribution in [0.4, 0.5) is 10.1 Å². The maximum absolute atomic E-state index is 14.7. The van der Waals surface area contributed by atoms with Gasteiger partial charge >= 0.3 is 0 Å². The molecular weight excluding hydrogens is 503 g/mol. The Kier molecular flexibility index (Phi) is 9.05. The molecule has 2 nitrogen and oxygen atoms in total. The maximum atomic E-state index is 14.7. The summed E-state index contributed by atoms with van der Waals surface area (Å²) < 4.78 is 14.7. The van der Waals surface area contributed by atoms with Crippen molar-refractivity contribution in [3.8, 4) is 11.1 Å². The molecule has 41 heavy (non-hydrogen) atoms. The number of benzene rings is 4. The summed E-state index contributed by atoms with van der Waals surface area (Å²) in [4.78, 5) is 2.43. The molecule has 0 radical (unpaired) electrons. The zero-order chi connectivity index (χ0) is 28.9. The van der Waals surface area contributed by atoms with Crippen LogP contribution in [0.15, 0.2) is 96.6 Å². The van der Waals surface area contributed by atoms with Crippen molar-refractivity contribution in [2.45, 2.75) is 64.8 Å². The van der Waals surface area contributed by atoms with E-state index in [4.69, 9.17) is 5.73 Å². The van der Waals surface area contributed by atoms with E-state index in [0.717, 1.165) is 43.5 Å². The van der Waals surface area contributed by atoms with E-state index in [1.165, 1.54) is 39.1 Å². The van der Waals surface area contributed by atoms with Crippen LogP contribution in [-0.2, 0) is 0 Å². The average molecular weight is 547 g/mol. The van der Waals surface area contributed by atoms with Crippen molar-refractivity contribution in [3.05, 3.63) is 130 Å². The molecule has 0 aromatic heterocycles. The highest BCUT2D eigenvalue weighted by atomic mass is 19.1. The predicted molar refractivity (Wildman–Crippen MR) is 173 cm³/mol. The van der Waals surface area contributed by atoms with Gasteiger partial charge in [0.15, 0.2) is 0 Å². The molecule has 1 heterocycles. The summed E-state index contributed by atoms with van der Waals surface area (Å²) in [5.41, 5.74) is 16.8. The number of aryl methyl sites for hydroxylation is 1. The largest absolute Gasteiger partial charge is 0.371 e. The van der Waals surface area contributed by atoms with Crippen LogP contribution in [0.5, 0.6) is 0 Å². The van der Waals surface area contributed by atoms with Crippen LogP contribution in [0.1, 0.15) is 79.7 Å². The molecule has 2 unspecified atom stereocenters. The SMILES string of the molecule is CCC(C)c1ccccc1/C=C(\C)C(c1cccc(-c2ccc(N3CCC(N)CC3)cc2)c1)c1cc(F)ccc1C. The first-order valence-electron chi connectivity index (χ1n) is 15.1. The second-order valence-corrected chi connectivity index (χ2v) is 11.8. The van der Waals surface area contributed by atoms with Crippen LogP contribution in [0.2, 0.25) is 0 Å². The lowest BCUT2D eigenvalue weighted by Gasteiger charge is -2.32. The fourth-order valence-electron chi connectivity index (χ4n) is 6.17. The molecule has 1 aliphatic heterocycles. The van der Waals surface area contributed by atoms with Crippen LogP contribution >= 0.6 is 0 Å². The molecule has 2 N–H and O–H groups in total. The third kappa shape index (κ3) is 6.63.